The molecule has 0 fully saturated rings. The Bertz CT molecular complexity index is 406. The molecule has 1 aromatic carbocycles. The van der Waals surface area contributed by atoms with E-state index >= 15 is 0 Å². The van der Waals surface area contributed by atoms with Gasteiger partial charge in [0.1, 0.15) is 0 Å². The molecule has 0 saturated carbocycles. The molecule has 88 valence electrons. The quantitative estimate of drug-likeness (QED) is 0.909. The van der Waals surface area contributed by atoms with Crippen molar-refractivity contribution in [2.45, 2.75) is 12.7 Å². The predicted molar refractivity (Wildman–Crippen MR) is 67.7 cm³/mol. The molecule has 5 heteroatoms. The summed E-state index contributed by atoms with van der Waals surface area (Å²) in [6.45, 7) is 1.57. The molecule has 2 unspecified atom stereocenters. The number of hydrogen-bond donors (Lipinski definition) is 1. The van der Waals surface area contributed by atoms with Gasteiger partial charge in [0.2, 0.25) is 0 Å². The second kappa shape index (κ2) is 6.15. The molecule has 0 saturated heterocycles. The number of hydrogen-bond acceptors (Lipinski definition) is 2. The third-order valence-electron chi connectivity index (χ3n) is 2.13. The second-order valence-electron chi connectivity index (χ2n) is 3.58. The minimum atomic E-state index is -1.14. The SMILES string of the molecule is CC(CS(=O)Cc1ccccc1Br)C(=O)O. The molecule has 0 heterocycles. The highest BCUT2D eigenvalue weighted by atomic mass is 79.9. The monoisotopic (exact) mass is 304 g/mol. The number of halogens is 1. The Balaban J connectivity index is 2.59. The number of benzene rings is 1. The first-order valence-corrected chi connectivity index (χ1v) is 7.10. The van der Waals surface area contributed by atoms with Crippen LogP contribution >= 0.6 is 15.9 Å². The highest BCUT2D eigenvalue weighted by Crippen LogP contribution is 2.18. The van der Waals surface area contributed by atoms with Crippen LogP contribution in [0.25, 0.3) is 0 Å². The van der Waals surface area contributed by atoms with Crippen LogP contribution in [0.3, 0.4) is 0 Å². The van der Waals surface area contributed by atoms with Crippen molar-refractivity contribution in [3.05, 3.63) is 34.3 Å². The van der Waals surface area contributed by atoms with Crippen LogP contribution in [0.15, 0.2) is 28.7 Å². The van der Waals surface area contributed by atoms with Crippen LogP contribution in [0.4, 0.5) is 0 Å². The maximum atomic E-state index is 11.7. The molecular weight excluding hydrogens is 292 g/mol. The van der Waals surface area contributed by atoms with Gasteiger partial charge in [-0.1, -0.05) is 41.1 Å². The zero-order valence-corrected chi connectivity index (χ0v) is 11.3. The maximum Gasteiger partial charge on any atom is 0.307 e. The van der Waals surface area contributed by atoms with E-state index in [2.05, 4.69) is 15.9 Å². The van der Waals surface area contributed by atoms with Gasteiger partial charge < -0.3 is 5.11 Å². The normalized spacial score (nSPS) is 14.4. The second-order valence-corrected chi connectivity index (χ2v) is 5.94. The first-order valence-electron chi connectivity index (χ1n) is 4.82. The molecule has 0 amide bonds. The van der Waals surface area contributed by atoms with Crippen molar-refractivity contribution in [3.63, 3.8) is 0 Å². The lowest BCUT2D eigenvalue weighted by Gasteiger charge is -2.07. The fourth-order valence-electron chi connectivity index (χ4n) is 1.20. The first-order chi connectivity index (χ1) is 7.50. The Hall–Kier alpha value is -0.680. The van der Waals surface area contributed by atoms with E-state index in [0.717, 1.165) is 10.0 Å². The van der Waals surface area contributed by atoms with Gasteiger partial charge in [0.25, 0.3) is 0 Å². The topological polar surface area (TPSA) is 54.4 Å². The number of carboxylic acids is 1. The van der Waals surface area contributed by atoms with Gasteiger partial charge in [-0.25, -0.2) is 0 Å². The Morgan fingerprint density at radius 3 is 2.69 bits per heavy atom. The molecular formula is C11H13BrO3S. The van der Waals surface area contributed by atoms with Gasteiger partial charge in [-0.15, -0.1) is 0 Å². The van der Waals surface area contributed by atoms with Gasteiger partial charge in [-0.3, -0.25) is 9.00 Å². The Kier molecular flexibility index (Phi) is 5.15. The molecule has 2 atom stereocenters. The van der Waals surface area contributed by atoms with E-state index in [1.165, 1.54) is 0 Å². The Morgan fingerprint density at radius 1 is 1.50 bits per heavy atom. The van der Waals surface area contributed by atoms with Crippen LogP contribution in [0.2, 0.25) is 0 Å². The number of carboxylic acid groups (broad SMARTS) is 1. The van der Waals surface area contributed by atoms with Crippen LogP contribution < -0.4 is 0 Å². The molecule has 0 aromatic heterocycles. The van der Waals surface area contributed by atoms with Crippen molar-refractivity contribution in [2.24, 2.45) is 5.92 Å². The summed E-state index contributed by atoms with van der Waals surface area (Å²) in [6.07, 6.45) is 0. The summed E-state index contributed by atoms with van der Waals surface area (Å²) in [5.41, 5.74) is 0.943. The average Bonchev–Trinajstić information content (AvgIpc) is 2.21. The van der Waals surface area contributed by atoms with Crippen molar-refractivity contribution in [1.82, 2.24) is 0 Å². The lowest BCUT2D eigenvalue weighted by atomic mass is 10.2. The summed E-state index contributed by atoms with van der Waals surface area (Å²) in [5.74, 6) is -0.890. The fourth-order valence-corrected chi connectivity index (χ4v) is 3.23. The Morgan fingerprint density at radius 2 is 2.12 bits per heavy atom. The summed E-state index contributed by atoms with van der Waals surface area (Å²) in [7, 11) is -1.14. The minimum Gasteiger partial charge on any atom is -0.481 e. The molecule has 0 aliphatic heterocycles. The van der Waals surface area contributed by atoms with Gasteiger partial charge in [0, 0.05) is 26.8 Å². The van der Waals surface area contributed by atoms with E-state index in [0.29, 0.717) is 5.75 Å². The van der Waals surface area contributed by atoms with Crippen molar-refractivity contribution in [3.8, 4) is 0 Å². The molecule has 3 nitrogen and oxygen atoms in total. The van der Waals surface area contributed by atoms with Crippen molar-refractivity contribution in [1.29, 1.82) is 0 Å². The van der Waals surface area contributed by atoms with Crippen LogP contribution in [-0.2, 0) is 21.3 Å². The van der Waals surface area contributed by atoms with E-state index in [-0.39, 0.29) is 5.75 Å². The molecule has 0 radical (unpaired) electrons. The zero-order valence-electron chi connectivity index (χ0n) is 8.85. The summed E-state index contributed by atoms with van der Waals surface area (Å²) in [5, 5.41) is 8.71. The van der Waals surface area contributed by atoms with Gasteiger partial charge in [-0.2, -0.15) is 0 Å². The number of rotatable bonds is 5. The third-order valence-corrected chi connectivity index (χ3v) is 4.41. The highest BCUT2D eigenvalue weighted by molar-refractivity contribution is 9.10. The van der Waals surface area contributed by atoms with Gasteiger partial charge in [-0.05, 0) is 11.6 Å². The van der Waals surface area contributed by atoms with Gasteiger partial charge in [0.15, 0.2) is 0 Å². The third kappa shape index (κ3) is 4.06. The van der Waals surface area contributed by atoms with Crippen molar-refractivity contribution in [2.75, 3.05) is 5.75 Å². The molecule has 0 aliphatic carbocycles. The standard InChI is InChI=1S/C11H13BrO3S/c1-8(11(13)14)6-16(15)7-9-4-2-3-5-10(9)12/h2-5,8H,6-7H2,1H3,(H,13,14). The van der Waals surface area contributed by atoms with E-state index in [1.54, 1.807) is 6.92 Å². The maximum absolute atomic E-state index is 11.7. The number of aliphatic carboxylic acids is 1. The largest absolute Gasteiger partial charge is 0.481 e. The van der Waals surface area contributed by atoms with Gasteiger partial charge in [0.05, 0.1) is 5.92 Å². The van der Waals surface area contributed by atoms with Crippen molar-refractivity contribution >= 4 is 32.7 Å². The minimum absolute atomic E-state index is 0.191. The predicted octanol–water partition coefficient (Wildman–Crippen LogP) is 2.42. The average molecular weight is 305 g/mol. The lowest BCUT2D eigenvalue weighted by Crippen LogP contribution is -2.18. The summed E-state index contributed by atoms with van der Waals surface area (Å²) in [6, 6.07) is 7.52. The summed E-state index contributed by atoms with van der Waals surface area (Å²) in [4.78, 5) is 10.6. The van der Waals surface area contributed by atoms with Crippen LogP contribution in [0, 0.1) is 5.92 Å². The van der Waals surface area contributed by atoms with E-state index in [9.17, 15) is 9.00 Å². The molecule has 1 aromatic rings. The lowest BCUT2D eigenvalue weighted by molar-refractivity contribution is -0.140. The summed E-state index contributed by atoms with van der Waals surface area (Å²) >= 11 is 3.37. The van der Waals surface area contributed by atoms with Gasteiger partial charge >= 0.3 is 5.97 Å². The molecule has 0 bridgehead atoms. The van der Waals surface area contributed by atoms with E-state index < -0.39 is 22.7 Å². The fraction of sp³-hybridized carbons (Fsp3) is 0.364. The number of carbonyl (C=O) groups is 1. The van der Waals surface area contributed by atoms with Crippen LogP contribution in [0.5, 0.6) is 0 Å². The molecule has 1 rings (SSSR count). The zero-order chi connectivity index (χ0) is 12.1. The highest BCUT2D eigenvalue weighted by Gasteiger charge is 2.15. The molecule has 0 spiro atoms. The molecule has 0 aliphatic rings. The van der Waals surface area contributed by atoms with E-state index in [1.807, 2.05) is 24.3 Å². The first kappa shape index (κ1) is 13.4. The molecule has 1 N–H and O–H groups in total. The van der Waals surface area contributed by atoms with Crippen molar-refractivity contribution < 1.29 is 14.1 Å². The van der Waals surface area contributed by atoms with E-state index in [4.69, 9.17) is 5.11 Å². The Labute approximate surface area is 105 Å². The smallest absolute Gasteiger partial charge is 0.307 e. The van der Waals surface area contributed by atoms with Crippen LogP contribution in [-0.4, -0.2) is 21.0 Å². The molecule has 16 heavy (non-hydrogen) atoms. The summed E-state index contributed by atoms with van der Waals surface area (Å²) < 4.78 is 12.6. The van der Waals surface area contributed by atoms with Crippen LogP contribution in [0.1, 0.15) is 12.5 Å².